The summed E-state index contributed by atoms with van der Waals surface area (Å²) in [6.07, 6.45) is 0.772. The van der Waals surface area contributed by atoms with Crippen molar-refractivity contribution < 1.29 is 9.59 Å². The van der Waals surface area contributed by atoms with Crippen LogP contribution in [0.4, 0.5) is 4.79 Å². The quantitative estimate of drug-likeness (QED) is 0.510. The fourth-order valence-electron chi connectivity index (χ4n) is 0.898. The van der Waals surface area contributed by atoms with Gasteiger partial charge in [0.05, 0.1) is 0 Å². The van der Waals surface area contributed by atoms with Gasteiger partial charge in [0, 0.05) is 0 Å². The number of hydrogen-bond acceptors (Lipinski definition) is 2. The van der Waals surface area contributed by atoms with Crippen LogP contribution < -0.4 is 10.6 Å². The van der Waals surface area contributed by atoms with Gasteiger partial charge in [0.25, 0.3) is 0 Å². The second kappa shape index (κ2) is 3.74. The standard InChI is InChI=1S/C6H10N2O2Se/c1-11-3-2-4-5(9)8-6(10)7-4/h4H,2-3H2,1H3,(H2,7,8,9,10). The fraction of sp³-hybridized carbons (Fsp3) is 0.667. The molecule has 62 valence electrons. The minimum atomic E-state index is -0.358. The molecule has 0 aromatic carbocycles. The van der Waals surface area contributed by atoms with Gasteiger partial charge in [-0.1, -0.05) is 0 Å². The molecule has 1 aliphatic rings. The number of urea groups is 1. The van der Waals surface area contributed by atoms with Gasteiger partial charge in [-0.2, -0.15) is 0 Å². The van der Waals surface area contributed by atoms with Crippen LogP contribution in [0.3, 0.4) is 0 Å². The van der Waals surface area contributed by atoms with E-state index in [1.54, 1.807) is 0 Å². The zero-order valence-corrected chi connectivity index (χ0v) is 7.93. The van der Waals surface area contributed by atoms with E-state index in [0.717, 1.165) is 11.7 Å². The average Bonchev–Trinajstić information content (AvgIpc) is 2.26. The van der Waals surface area contributed by atoms with Crippen LogP contribution in [0.1, 0.15) is 6.42 Å². The molecule has 11 heavy (non-hydrogen) atoms. The van der Waals surface area contributed by atoms with E-state index in [2.05, 4.69) is 16.5 Å². The monoisotopic (exact) mass is 222 g/mol. The molecule has 1 heterocycles. The summed E-state index contributed by atoms with van der Waals surface area (Å²) in [5, 5.41) is 5.78. The van der Waals surface area contributed by atoms with Crippen LogP contribution in [-0.4, -0.2) is 32.9 Å². The van der Waals surface area contributed by atoms with Crippen molar-refractivity contribution >= 4 is 26.9 Å². The number of rotatable bonds is 3. The van der Waals surface area contributed by atoms with Crippen LogP contribution in [0, 0.1) is 0 Å². The minimum absolute atomic E-state index is 0.181. The molecule has 1 aliphatic heterocycles. The summed E-state index contributed by atoms with van der Waals surface area (Å²) in [5.41, 5.74) is 0. The van der Waals surface area contributed by atoms with Gasteiger partial charge < -0.3 is 0 Å². The third-order valence-corrected chi connectivity index (χ3v) is 2.82. The van der Waals surface area contributed by atoms with Crippen LogP contribution in [0.15, 0.2) is 0 Å². The number of carbonyl (C=O) groups is 2. The molecule has 1 unspecified atom stereocenters. The van der Waals surface area contributed by atoms with E-state index in [1.807, 2.05) is 0 Å². The number of imide groups is 1. The Kier molecular flexibility index (Phi) is 2.91. The molecule has 4 nitrogen and oxygen atoms in total. The summed E-state index contributed by atoms with van der Waals surface area (Å²) in [6, 6.07) is -0.632. The predicted octanol–water partition coefficient (Wildman–Crippen LogP) is -0.245. The maximum atomic E-state index is 10.9. The molecule has 0 spiro atoms. The molecular formula is C6H10N2O2Se. The second-order valence-corrected chi connectivity index (χ2v) is 4.36. The van der Waals surface area contributed by atoms with Gasteiger partial charge in [0.15, 0.2) is 0 Å². The van der Waals surface area contributed by atoms with Crippen LogP contribution in [0.5, 0.6) is 0 Å². The zero-order chi connectivity index (χ0) is 8.27. The van der Waals surface area contributed by atoms with Gasteiger partial charge in [-0.05, 0) is 0 Å². The van der Waals surface area contributed by atoms with Gasteiger partial charge in [0.2, 0.25) is 0 Å². The van der Waals surface area contributed by atoms with Crippen LogP contribution >= 0.6 is 0 Å². The van der Waals surface area contributed by atoms with Crippen molar-refractivity contribution in [3.63, 3.8) is 0 Å². The fourth-order valence-corrected chi connectivity index (χ4v) is 1.89. The first-order valence-corrected chi connectivity index (χ1v) is 6.27. The van der Waals surface area contributed by atoms with Crippen molar-refractivity contribution in [3.05, 3.63) is 0 Å². The van der Waals surface area contributed by atoms with Crippen LogP contribution in [-0.2, 0) is 4.79 Å². The van der Waals surface area contributed by atoms with Crippen LogP contribution in [0.25, 0.3) is 0 Å². The zero-order valence-electron chi connectivity index (χ0n) is 6.22. The third-order valence-electron chi connectivity index (χ3n) is 1.47. The number of amides is 3. The van der Waals surface area contributed by atoms with Crippen molar-refractivity contribution in [3.8, 4) is 0 Å². The summed E-state index contributed by atoms with van der Waals surface area (Å²) < 4.78 is 0. The SMILES string of the molecule is C[Se]CCC1NC(=O)NC1=O. The first kappa shape index (κ1) is 8.56. The molecule has 3 amide bonds. The van der Waals surface area contributed by atoms with Crippen molar-refractivity contribution in [1.82, 2.24) is 10.6 Å². The molecule has 1 rings (SSSR count). The molecule has 5 heteroatoms. The Hall–Kier alpha value is -0.541. The Balaban J connectivity index is 2.34. The third kappa shape index (κ3) is 2.20. The van der Waals surface area contributed by atoms with Crippen molar-refractivity contribution in [2.75, 3.05) is 0 Å². The Morgan fingerprint density at radius 1 is 1.55 bits per heavy atom. The topological polar surface area (TPSA) is 58.2 Å². The molecule has 2 N–H and O–H groups in total. The first-order valence-electron chi connectivity index (χ1n) is 3.34. The van der Waals surface area contributed by atoms with Crippen molar-refractivity contribution in [2.45, 2.75) is 23.6 Å². The Morgan fingerprint density at radius 3 is 2.73 bits per heavy atom. The molecule has 1 saturated heterocycles. The van der Waals surface area contributed by atoms with E-state index >= 15 is 0 Å². The first-order chi connectivity index (χ1) is 5.24. The summed E-state index contributed by atoms with van der Waals surface area (Å²) in [7, 11) is 0. The molecule has 1 fully saturated rings. The van der Waals surface area contributed by atoms with Gasteiger partial charge >= 0.3 is 70.7 Å². The second-order valence-electron chi connectivity index (χ2n) is 2.30. The normalized spacial score (nSPS) is 23.2. The van der Waals surface area contributed by atoms with E-state index in [1.165, 1.54) is 0 Å². The average molecular weight is 221 g/mol. The molecule has 0 radical (unpaired) electrons. The summed E-state index contributed by atoms with van der Waals surface area (Å²) in [6.45, 7) is 0. The predicted molar refractivity (Wildman–Crippen MR) is 41.5 cm³/mol. The summed E-state index contributed by atoms with van der Waals surface area (Å²) in [5.74, 6) is 1.93. The van der Waals surface area contributed by atoms with Gasteiger partial charge in [-0.3, -0.25) is 0 Å². The number of carbonyl (C=O) groups excluding carboxylic acids is 2. The van der Waals surface area contributed by atoms with Gasteiger partial charge in [-0.25, -0.2) is 0 Å². The van der Waals surface area contributed by atoms with Crippen molar-refractivity contribution in [1.29, 1.82) is 0 Å². The van der Waals surface area contributed by atoms with E-state index in [9.17, 15) is 9.59 Å². The molecule has 0 saturated carbocycles. The van der Waals surface area contributed by atoms with Gasteiger partial charge in [-0.15, -0.1) is 0 Å². The van der Waals surface area contributed by atoms with E-state index in [0.29, 0.717) is 15.0 Å². The molecule has 1 atom stereocenters. The molecule has 0 aromatic heterocycles. The molecule has 0 aliphatic carbocycles. The van der Waals surface area contributed by atoms with Gasteiger partial charge in [0.1, 0.15) is 0 Å². The maximum absolute atomic E-state index is 10.9. The molecule has 0 aromatic rings. The summed E-state index contributed by atoms with van der Waals surface area (Å²) in [4.78, 5) is 21.5. The summed E-state index contributed by atoms with van der Waals surface area (Å²) >= 11 is 0.577. The van der Waals surface area contributed by atoms with Crippen LogP contribution in [0.2, 0.25) is 11.1 Å². The Bertz CT molecular complexity index is 183. The van der Waals surface area contributed by atoms with Crippen molar-refractivity contribution in [2.24, 2.45) is 0 Å². The Labute approximate surface area is 71.3 Å². The van der Waals surface area contributed by atoms with E-state index in [-0.39, 0.29) is 18.0 Å². The number of hydrogen-bond donors (Lipinski definition) is 2. The number of nitrogens with one attached hydrogen (secondary N) is 2. The molecular weight excluding hydrogens is 211 g/mol. The Morgan fingerprint density at radius 2 is 2.27 bits per heavy atom. The van der Waals surface area contributed by atoms with E-state index in [4.69, 9.17) is 0 Å². The van der Waals surface area contributed by atoms with E-state index < -0.39 is 0 Å². The molecule has 0 bridgehead atoms.